The number of methoxy groups -OCH3 is 3. The lowest BCUT2D eigenvalue weighted by Gasteiger charge is -2.16. The first-order valence-electron chi connectivity index (χ1n) is 11.2. The van der Waals surface area contributed by atoms with Crippen LogP contribution >= 0.6 is 0 Å². The molecular weight excluding hydrogens is 424 g/mol. The highest BCUT2D eigenvalue weighted by atomic mass is 16.5. The number of aromatic nitrogens is 1. The van der Waals surface area contributed by atoms with E-state index >= 15 is 0 Å². The number of benzene rings is 3. The average Bonchev–Trinajstić information content (AvgIpc) is 2.87. The van der Waals surface area contributed by atoms with E-state index in [2.05, 4.69) is 85.0 Å². The SMILES string of the molecule is COc1cc2cc3c4cc(-c5cccc(N(C)C)c5)c(OC)cc4cc[n+]3c(C)c2cc1OC. The van der Waals surface area contributed by atoms with Crippen LogP contribution in [0.2, 0.25) is 0 Å². The van der Waals surface area contributed by atoms with Crippen LogP contribution in [0.3, 0.4) is 0 Å². The molecule has 0 saturated carbocycles. The number of hydrogen-bond donors (Lipinski definition) is 0. The number of pyridine rings is 2. The number of hydrogen-bond acceptors (Lipinski definition) is 4. The van der Waals surface area contributed by atoms with Crippen molar-refractivity contribution >= 4 is 32.7 Å². The largest absolute Gasteiger partial charge is 0.496 e. The fourth-order valence-corrected chi connectivity index (χ4v) is 4.71. The summed E-state index contributed by atoms with van der Waals surface area (Å²) in [6.07, 6.45) is 2.12. The Morgan fingerprint density at radius 1 is 0.706 bits per heavy atom. The Balaban J connectivity index is 1.84. The van der Waals surface area contributed by atoms with Crippen molar-refractivity contribution < 1.29 is 18.6 Å². The molecule has 0 saturated heterocycles. The molecule has 2 aromatic heterocycles. The van der Waals surface area contributed by atoms with Crippen LogP contribution in [0, 0.1) is 6.92 Å². The predicted molar refractivity (Wildman–Crippen MR) is 139 cm³/mol. The zero-order chi connectivity index (χ0) is 24.0. The Labute approximate surface area is 199 Å². The van der Waals surface area contributed by atoms with Crippen LogP contribution in [-0.2, 0) is 0 Å². The van der Waals surface area contributed by atoms with Gasteiger partial charge in [0.25, 0.3) is 0 Å². The zero-order valence-corrected chi connectivity index (χ0v) is 20.5. The van der Waals surface area contributed by atoms with E-state index in [4.69, 9.17) is 14.2 Å². The van der Waals surface area contributed by atoms with Gasteiger partial charge >= 0.3 is 0 Å². The van der Waals surface area contributed by atoms with Crippen molar-refractivity contribution in [1.82, 2.24) is 0 Å². The first kappa shape index (κ1) is 21.8. The van der Waals surface area contributed by atoms with E-state index in [0.29, 0.717) is 0 Å². The van der Waals surface area contributed by atoms with E-state index in [1.54, 1.807) is 21.3 Å². The van der Waals surface area contributed by atoms with Gasteiger partial charge < -0.3 is 19.1 Å². The van der Waals surface area contributed by atoms with Gasteiger partial charge in [-0.2, -0.15) is 4.40 Å². The van der Waals surface area contributed by atoms with Crippen molar-refractivity contribution in [3.8, 4) is 28.4 Å². The van der Waals surface area contributed by atoms with E-state index < -0.39 is 0 Å². The molecule has 0 N–H and O–H groups in total. The minimum absolute atomic E-state index is 0.724. The summed E-state index contributed by atoms with van der Waals surface area (Å²) in [5, 5.41) is 4.52. The summed E-state index contributed by atoms with van der Waals surface area (Å²) in [7, 11) is 9.17. The third-order valence-electron chi connectivity index (χ3n) is 6.58. The van der Waals surface area contributed by atoms with Crippen molar-refractivity contribution in [1.29, 1.82) is 0 Å². The molecule has 5 heteroatoms. The summed E-state index contributed by atoms with van der Waals surface area (Å²) in [5.74, 6) is 2.31. The molecule has 0 bridgehead atoms. The second-order valence-electron chi connectivity index (χ2n) is 8.68. The van der Waals surface area contributed by atoms with Gasteiger partial charge in [0.15, 0.2) is 23.4 Å². The smallest absolute Gasteiger partial charge is 0.219 e. The molecule has 0 aliphatic carbocycles. The lowest BCUT2D eigenvalue weighted by molar-refractivity contribution is -0.516. The van der Waals surface area contributed by atoms with Gasteiger partial charge in [-0.15, -0.1) is 0 Å². The molecule has 0 fully saturated rings. The molecule has 5 aromatic rings. The van der Waals surface area contributed by atoms with Crippen LogP contribution in [0.5, 0.6) is 17.2 Å². The van der Waals surface area contributed by atoms with Gasteiger partial charge in [-0.25, -0.2) is 0 Å². The highest BCUT2D eigenvalue weighted by molar-refractivity contribution is 6.01. The van der Waals surface area contributed by atoms with Gasteiger partial charge in [0, 0.05) is 44.4 Å². The molecule has 0 atom stereocenters. The maximum absolute atomic E-state index is 5.82. The Morgan fingerprint density at radius 3 is 2.12 bits per heavy atom. The maximum atomic E-state index is 5.82. The third kappa shape index (κ3) is 3.45. The summed E-state index contributed by atoms with van der Waals surface area (Å²) in [6, 6.07) is 21.3. The number of ether oxygens (including phenoxy) is 3. The Kier molecular flexibility index (Phi) is 5.40. The van der Waals surface area contributed by atoms with Gasteiger partial charge in [-0.05, 0) is 52.7 Å². The molecule has 0 aliphatic heterocycles. The minimum atomic E-state index is 0.724. The molecule has 5 rings (SSSR count). The Morgan fingerprint density at radius 2 is 1.41 bits per heavy atom. The van der Waals surface area contributed by atoms with E-state index in [9.17, 15) is 0 Å². The van der Waals surface area contributed by atoms with Crippen LogP contribution in [0.15, 0.2) is 66.9 Å². The summed E-state index contributed by atoms with van der Waals surface area (Å²) < 4.78 is 19.2. The maximum Gasteiger partial charge on any atom is 0.219 e. The monoisotopic (exact) mass is 453 g/mol. The van der Waals surface area contributed by atoms with Gasteiger partial charge in [-0.1, -0.05) is 12.1 Å². The summed E-state index contributed by atoms with van der Waals surface area (Å²) in [4.78, 5) is 2.11. The summed E-state index contributed by atoms with van der Waals surface area (Å²) >= 11 is 0. The quantitative estimate of drug-likeness (QED) is 0.191. The third-order valence-corrected chi connectivity index (χ3v) is 6.58. The van der Waals surface area contributed by atoms with Crippen LogP contribution in [-0.4, -0.2) is 35.4 Å². The molecule has 0 aliphatic rings. The molecule has 0 unspecified atom stereocenters. The first-order valence-corrected chi connectivity index (χ1v) is 11.2. The van der Waals surface area contributed by atoms with Crippen LogP contribution < -0.4 is 23.5 Å². The Bertz CT molecular complexity index is 1560. The average molecular weight is 454 g/mol. The van der Waals surface area contributed by atoms with Gasteiger partial charge in [0.1, 0.15) is 5.75 Å². The van der Waals surface area contributed by atoms with E-state index in [1.807, 2.05) is 12.1 Å². The highest BCUT2D eigenvalue weighted by Gasteiger charge is 2.19. The lowest BCUT2D eigenvalue weighted by atomic mass is 9.98. The standard InChI is InChI=1S/C29H29N2O3/c1-18-23-17-29(34-6)28(33-5)15-21(23)13-26-24-16-25(19-8-7-9-22(12-19)30(2)3)27(32-4)14-20(24)10-11-31(18)26/h7-17H,1-6H3/q+1. The number of aryl methyl sites for hydroxylation is 1. The molecule has 0 radical (unpaired) electrons. The van der Waals surface area contributed by atoms with Gasteiger partial charge in [-0.3, -0.25) is 0 Å². The van der Waals surface area contributed by atoms with Crippen LogP contribution in [0.25, 0.3) is 38.2 Å². The molecule has 0 amide bonds. The van der Waals surface area contributed by atoms with E-state index in [0.717, 1.165) is 66.8 Å². The summed E-state index contributed by atoms with van der Waals surface area (Å²) in [5.41, 5.74) is 5.60. The van der Waals surface area contributed by atoms with Crippen LogP contribution in [0.4, 0.5) is 5.69 Å². The molecule has 0 spiro atoms. The number of fused-ring (bicyclic) bond motifs is 4. The lowest BCUT2D eigenvalue weighted by Crippen LogP contribution is -2.25. The van der Waals surface area contributed by atoms with Crippen molar-refractivity contribution in [2.45, 2.75) is 6.92 Å². The topological polar surface area (TPSA) is 35.0 Å². The number of anilines is 1. The molecule has 172 valence electrons. The normalized spacial score (nSPS) is 11.2. The molecule has 5 nitrogen and oxygen atoms in total. The molecule has 3 aromatic carbocycles. The summed E-state index contributed by atoms with van der Waals surface area (Å²) in [6.45, 7) is 2.14. The number of nitrogens with zero attached hydrogens (tertiary/aromatic N) is 2. The van der Waals surface area contributed by atoms with E-state index in [1.165, 1.54) is 0 Å². The van der Waals surface area contributed by atoms with Crippen molar-refractivity contribution in [3.05, 3.63) is 72.6 Å². The molecule has 2 heterocycles. The zero-order valence-electron chi connectivity index (χ0n) is 20.5. The highest BCUT2D eigenvalue weighted by Crippen LogP contribution is 2.38. The van der Waals surface area contributed by atoms with E-state index in [-0.39, 0.29) is 0 Å². The molecular formula is C29H29N2O3+. The van der Waals surface area contributed by atoms with Crippen molar-refractivity contribution in [3.63, 3.8) is 0 Å². The van der Waals surface area contributed by atoms with Crippen molar-refractivity contribution in [2.24, 2.45) is 0 Å². The Hall–Kier alpha value is -3.99. The molecule has 34 heavy (non-hydrogen) atoms. The number of rotatable bonds is 5. The van der Waals surface area contributed by atoms with Crippen molar-refractivity contribution in [2.75, 3.05) is 40.3 Å². The van der Waals surface area contributed by atoms with Gasteiger partial charge in [0.05, 0.1) is 32.1 Å². The minimum Gasteiger partial charge on any atom is -0.496 e. The fourth-order valence-electron chi connectivity index (χ4n) is 4.71. The van der Waals surface area contributed by atoms with Gasteiger partial charge in [0.2, 0.25) is 5.52 Å². The van der Waals surface area contributed by atoms with Crippen LogP contribution in [0.1, 0.15) is 5.69 Å². The fraction of sp³-hybridized carbons (Fsp3) is 0.207. The predicted octanol–water partition coefficient (Wildman–Crippen LogP) is 5.80. The second kappa shape index (κ2) is 8.41. The first-order chi connectivity index (χ1) is 16.4. The second-order valence-corrected chi connectivity index (χ2v) is 8.68.